The first-order valence-corrected chi connectivity index (χ1v) is 6.86. The topological polar surface area (TPSA) is 55.6 Å². The summed E-state index contributed by atoms with van der Waals surface area (Å²) in [7, 11) is 1.78. The molecule has 1 aliphatic heterocycles. The van der Waals surface area contributed by atoms with Gasteiger partial charge in [-0.05, 0) is 31.1 Å². The summed E-state index contributed by atoms with van der Waals surface area (Å²) in [6.07, 6.45) is 7.25. The van der Waals surface area contributed by atoms with Crippen LogP contribution in [0, 0.1) is 5.41 Å². The molecule has 0 radical (unpaired) electrons. The molecule has 5 nitrogen and oxygen atoms in total. The highest BCUT2D eigenvalue weighted by molar-refractivity contribution is 5.91. The van der Waals surface area contributed by atoms with E-state index in [1.807, 2.05) is 4.90 Å². The fourth-order valence-corrected chi connectivity index (χ4v) is 3.69. The number of fused-ring (bicyclic) bond motifs is 1. The van der Waals surface area contributed by atoms with Gasteiger partial charge < -0.3 is 14.1 Å². The third-order valence-electron chi connectivity index (χ3n) is 4.80. The van der Waals surface area contributed by atoms with Gasteiger partial charge in [0.25, 0.3) is 5.91 Å². The van der Waals surface area contributed by atoms with E-state index in [9.17, 15) is 4.79 Å². The van der Waals surface area contributed by atoms with Crippen LogP contribution < -0.4 is 0 Å². The molecule has 0 unspecified atom stereocenters. The van der Waals surface area contributed by atoms with Crippen molar-refractivity contribution in [3.63, 3.8) is 0 Å². The number of hydrogen-bond donors (Lipinski definition) is 0. The molecule has 0 bridgehead atoms. The average Bonchev–Trinajstić information content (AvgIpc) is 3.04. The first kappa shape index (κ1) is 12.7. The fourth-order valence-electron chi connectivity index (χ4n) is 3.69. The molecule has 0 spiro atoms. The molecular weight excluding hydrogens is 244 g/mol. The molecule has 0 aromatic carbocycles. The van der Waals surface area contributed by atoms with Crippen LogP contribution in [-0.4, -0.2) is 41.6 Å². The van der Waals surface area contributed by atoms with Crippen molar-refractivity contribution >= 4 is 5.91 Å². The number of rotatable bonds is 2. The second kappa shape index (κ2) is 4.63. The van der Waals surface area contributed by atoms with Crippen LogP contribution in [0.2, 0.25) is 0 Å². The Kier molecular flexibility index (Phi) is 3.09. The second-order valence-electron chi connectivity index (χ2n) is 5.92. The smallest absolute Gasteiger partial charge is 0.291 e. The Labute approximate surface area is 112 Å². The normalized spacial score (nSPS) is 34.3. The minimum Gasteiger partial charge on any atom is -0.438 e. The van der Waals surface area contributed by atoms with Gasteiger partial charge in [0.05, 0.1) is 12.3 Å². The van der Waals surface area contributed by atoms with Crippen molar-refractivity contribution < 1.29 is 13.9 Å². The lowest BCUT2D eigenvalue weighted by Crippen LogP contribution is -2.46. The maximum Gasteiger partial charge on any atom is 0.291 e. The Morgan fingerprint density at radius 1 is 1.58 bits per heavy atom. The van der Waals surface area contributed by atoms with E-state index in [0.717, 1.165) is 32.2 Å². The highest BCUT2D eigenvalue weighted by atomic mass is 16.5. The molecule has 5 heteroatoms. The Hall–Kier alpha value is -1.36. The minimum absolute atomic E-state index is 0.0258. The SMILES string of the molecule is CO[C@@H]1CC[C@H]2N(C(=O)c3cnco3)CC[C@@]2(C)C1. The summed E-state index contributed by atoms with van der Waals surface area (Å²) >= 11 is 0. The number of oxazole rings is 1. The highest BCUT2D eigenvalue weighted by Crippen LogP contribution is 2.47. The average molecular weight is 264 g/mol. The van der Waals surface area contributed by atoms with Crippen molar-refractivity contribution in [2.45, 2.75) is 44.8 Å². The van der Waals surface area contributed by atoms with Crippen LogP contribution in [0.15, 0.2) is 17.0 Å². The molecule has 2 heterocycles. The van der Waals surface area contributed by atoms with Crippen molar-refractivity contribution in [3.8, 4) is 0 Å². The summed E-state index contributed by atoms with van der Waals surface area (Å²) in [6.45, 7) is 3.08. The Bertz CT molecular complexity index is 459. The van der Waals surface area contributed by atoms with E-state index in [1.165, 1.54) is 12.6 Å². The van der Waals surface area contributed by atoms with Crippen LogP contribution >= 0.6 is 0 Å². The van der Waals surface area contributed by atoms with E-state index in [0.29, 0.717) is 17.9 Å². The maximum atomic E-state index is 12.4. The second-order valence-corrected chi connectivity index (χ2v) is 5.92. The Balaban J connectivity index is 1.78. The molecule has 3 rings (SSSR count). The number of ether oxygens (including phenoxy) is 1. The van der Waals surface area contributed by atoms with Crippen molar-refractivity contribution in [1.29, 1.82) is 0 Å². The van der Waals surface area contributed by atoms with Crippen LogP contribution in [0.25, 0.3) is 0 Å². The van der Waals surface area contributed by atoms with Gasteiger partial charge in [-0.2, -0.15) is 0 Å². The van der Waals surface area contributed by atoms with Crippen LogP contribution in [0.5, 0.6) is 0 Å². The van der Waals surface area contributed by atoms with Gasteiger partial charge >= 0.3 is 0 Å². The fraction of sp³-hybridized carbons (Fsp3) is 0.714. The van der Waals surface area contributed by atoms with Gasteiger partial charge in [-0.3, -0.25) is 4.79 Å². The summed E-state index contributed by atoms with van der Waals surface area (Å²) in [5, 5.41) is 0. The summed E-state index contributed by atoms with van der Waals surface area (Å²) < 4.78 is 10.6. The summed E-state index contributed by atoms with van der Waals surface area (Å²) in [6, 6.07) is 0.302. The number of methoxy groups -OCH3 is 1. The first-order chi connectivity index (χ1) is 9.14. The van der Waals surface area contributed by atoms with E-state index < -0.39 is 0 Å². The van der Waals surface area contributed by atoms with Gasteiger partial charge in [-0.1, -0.05) is 6.92 Å². The molecule has 3 atom stereocenters. The Morgan fingerprint density at radius 2 is 2.42 bits per heavy atom. The van der Waals surface area contributed by atoms with Gasteiger partial charge in [-0.25, -0.2) is 4.98 Å². The van der Waals surface area contributed by atoms with Crippen molar-refractivity contribution in [2.75, 3.05) is 13.7 Å². The molecule has 1 aliphatic carbocycles. The van der Waals surface area contributed by atoms with Crippen molar-refractivity contribution in [2.24, 2.45) is 5.41 Å². The lowest BCUT2D eigenvalue weighted by molar-refractivity contribution is -0.00330. The molecule has 1 saturated carbocycles. The molecule has 0 N–H and O–H groups in total. The molecule has 2 fully saturated rings. The van der Waals surface area contributed by atoms with Crippen LogP contribution in [0.1, 0.15) is 43.2 Å². The van der Waals surface area contributed by atoms with E-state index in [1.54, 1.807) is 7.11 Å². The summed E-state index contributed by atoms with van der Waals surface area (Å²) in [5.74, 6) is 0.320. The molecule has 2 aliphatic rings. The van der Waals surface area contributed by atoms with Crippen LogP contribution in [-0.2, 0) is 4.74 Å². The monoisotopic (exact) mass is 264 g/mol. The zero-order valence-corrected chi connectivity index (χ0v) is 11.5. The number of carbonyl (C=O) groups is 1. The molecule has 1 aromatic rings. The number of likely N-dealkylation sites (tertiary alicyclic amines) is 1. The number of nitrogens with zero attached hydrogens (tertiary/aromatic N) is 2. The van der Waals surface area contributed by atoms with Gasteiger partial charge in [0.2, 0.25) is 5.76 Å². The molecule has 104 valence electrons. The third-order valence-corrected chi connectivity index (χ3v) is 4.80. The zero-order valence-electron chi connectivity index (χ0n) is 11.5. The lowest BCUT2D eigenvalue weighted by Gasteiger charge is -2.42. The van der Waals surface area contributed by atoms with Crippen molar-refractivity contribution in [3.05, 3.63) is 18.4 Å². The van der Waals surface area contributed by atoms with Crippen LogP contribution in [0.4, 0.5) is 0 Å². The molecule has 1 aromatic heterocycles. The highest BCUT2D eigenvalue weighted by Gasteiger charge is 2.49. The predicted octanol–water partition coefficient (Wildman–Crippen LogP) is 2.09. The zero-order chi connectivity index (χ0) is 13.5. The standard InChI is InChI=1S/C14H20N2O3/c1-14-5-6-16(13(17)11-8-15-9-19-11)12(14)4-3-10(7-14)18-2/h8-10,12H,3-7H2,1-2H3/t10-,12-,14+/m1/s1. The molecular formula is C14H20N2O3. The maximum absolute atomic E-state index is 12.4. The third kappa shape index (κ3) is 2.06. The van der Waals surface area contributed by atoms with Gasteiger partial charge in [0.1, 0.15) is 0 Å². The largest absolute Gasteiger partial charge is 0.438 e. The minimum atomic E-state index is -0.0258. The van der Waals surface area contributed by atoms with E-state index in [-0.39, 0.29) is 11.3 Å². The van der Waals surface area contributed by atoms with Gasteiger partial charge in [0.15, 0.2) is 6.39 Å². The van der Waals surface area contributed by atoms with E-state index in [4.69, 9.17) is 9.15 Å². The van der Waals surface area contributed by atoms with E-state index >= 15 is 0 Å². The number of carbonyl (C=O) groups excluding carboxylic acids is 1. The first-order valence-electron chi connectivity index (χ1n) is 6.86. The summed E-state index contributed by atoms with van der Waals surface area (Å²) in [4.78, 5) is 18.2. The summed E-state index contributed by atoms with van der Waals surface area (Å²) in [5.41, 5.74) is 0.175. The van der Waals surface area contributed by atoms with Gasteiger partial charge in [0, 0.05) is 19.7 Å². The van der Waals surface area contributed by atoms with E-state index in [2.05, 4.69) is 11.9 Å². The molecule has 1 amide bonds. The Morgan fingerprint density at radius 3 is 3.11 bits per heavy atom. The predicted molar refractivity (Wildman–Crippen MR) is 68.7 cm³/mol. The van der Waals surface area contributed by atoms with Crippen molar-refractivity contribution in [1.82, 2.24) is 9.88 Å². The molecule has 19 heavy (non-hydrogen) atoms. The number of aromatic nitrogens is 1. The lowest BCUT2D eigenvalue weighted by atomic mass is 9.71. The number of hydrogen-bond acceptors (Lipinski definition) is 4. The van der Waals surface area contributed by atoms with Crippen LogP contribution in [0.3, 0.4) is 0 Å². The number of amides is 1. The molecule has 1 saturated heterocycles. The van der Waals surface area contributed by atoms with Gasteiger partial charge in [-0.15, -0.1) is 0 Å². The quantitative estimate of drug-likeness (QED) is 0.820.